The van der Waals surface area contributed by atoms with Crippen LogP contribution in [0.1, 0.15) is 19.4 Å². The molecule has 88 valence electrons. The Bertz CT molecular complexity index is 377. The largest absolute Gasteiger partial charge is 0.395 e. The van der Waals surface area contributed by atoms with Gasteiger partial charge in [-0.05, 0) is 31.5 Å². The van der Waals surface area contributed by atoms with E-state index in [4.69, 9.17) is 16.7 Å². The van der Waals surface area contributed by atoms with Crippen molar-refractivity contribution in [3.05, 3.63) is 34.9 Å². The van der Waals surface area contributed by atoms with Crippen LogP contribution in [0.15, 0.2) is 24.3 Å². The van der Waals surface area contributed by atoms with Crippen LogP contribution in [0.5, 0.6) is 0 Å². The lowest BCUT2D eigenvalue weighted by atomic mass is 9.84. The van der Waals surface area contributed by atoms with E-state index < -0.39 is 5.41 Å². The third-order valence-electron chi connectivity index (χ3n) is 2.51. The van der Waals surface area contributed by atoms with E-state index in [2.05, 4.69) is 5.32 Å². The van der Waals surface area contributed by atoms with Crippen LogP contribution in [0.4, 0.5) is 0 Å². The highest BCUT2D eigenvalue weighted by atomic mass is 35.5. The molecule has 0 atom stereocenters. The predicted octanol–water partition coefficient (Wildman–Crippen LogP) is 1.73. The van der Waals surface area contributed by atoms with Crippen molar-refractivity contribution >= 4 is 17.5 Å². The van der Waals surface area contributed by atoms with Crippen molar-refractivity contribution in [2.24, 2.45) is 0 Å². The molecule has 0 radical (unpaired) electrons. The van der Waals surface area contributed by atoms with Crippen LogP contribution in [0, 0.1) is 0 Å². The van der Waals surface area contributed by atoms with Gasteiger partial charge in [-0.25, -0.2) is 0 Å². The second-order valence-electron chi connectivity index (χ2n) is 4.11. The van der Waals surface area contributed by atoms with Crippen LogP contribution in [0.25, 0.3) is 0 Å². The lowest BCUT2D eigenvalue weighted by Crippen LogP contribution is -2.41. The molecule has 0 aliphatic carbocycles. The van der Waals surface area contributed by atoms with E-state index >= 15 is 0 Å². The molecule has 1 amide bonds. The average molecular weight is 242 g/mol. The lowest BCUT2D eigenvalue weighted by molar-refractivity contribution is -0.125. The normalized spacial score (nSPS) is 11.2. The van der Waals surface area contributed by atoms with Gasteiger partial charge >= 0.3 is 0 Å². The Morgan fingerprint density at radius 1 is 1.50 bits per heavy atom. The van der Waals surface area contributed by atoms with Gasteiger partial charge in [0, 0.05) is 11.6 Å². The first-order valence-electron chi connectivity index (χ1n) is 5.13. The highest BCUT2D eigenvalue weighted by Crippen LogP contribution is 2.25. The molecular formula is C12H16ClNO2. The summed E-state index contributed by atoms with van der Waals surface area (Å²) in [7, 11) is 0. The third kappa shape index (κ3) is 2.97. The molecule has 1 rings (SSSR count). The van der Waals surface area contributed by atoms with Crippen LogP contribution >= 0.6 is 11.6 Å². The summed E-state index contributed by atoms with van der Waals surface area (Å²) in [5, 5.41) is 11.9. The Labute approximate surface area is 100 Å². The molecule has 3 nitrogen and oxygen atoms in total. The number of hydrogen-bond acceptors (Lipinski definition) is 2. The highest BCUT2D eigenvalue weighted by molar-refractivity contribution is 6.30. The zero-order chi connectivity index (χ0) is 12.2. The number of aliphatic hydroxyl groups is 1. The molecule has 1 aromatic rings. The number of benzene rings is 1. The van der Waals surface area contributed by atoms with Crippen molar-refractivity contribution in [3.63, 3.8) is 0 Å². The summed E-state index contributed by atoms with van der Waals surface area (Å²) < 4.78 is 0. The first-order valence-corrected chi connectivity index (χ1v) is 5.51. The summed E-state index contributed by atoms with van der Waals surface area (Å²) in [6, 6.07) is 7.23. The van der Waals surface area contributed by atoms with E-state index in [0.29, 0.717) is 5.02 Å². The molecule has 0 fully saturated rings. The molecule has 2 N–H and O–H groups in total. The summed E-state index contributed by atoms with van der Waals surface area (Å²) >= 11 is 5.89. The van der Waals surface area contributed by atoms with Crippen LogP contribution < -0.4 is 5.32 Å². The molecule has 0 aliphatic rings. The van der Waals surface area contributed by atoms with E-state index in [1.54, 1.807) is 12.1 Å². The maximum absolute atomic E-state index is 11.9. The fourth-order valence-corrected chi connectivity index (χ4v) is 1.59. The van der Waals surface area contributed by atoms with Gasteiger partial charge in [-0.1, -0.05) is 23.7 Å². The first kappa shape index (κ1) is 13.0. The minimum absolute atomic E-state index is 0.0582. The standard InChI is InChI=1S/C12H16ClNO2/c1-12(2,11(16)14-6-7-15)9-4-3-5-10(13)8-9/h3-5,8,15H,6-7H2,1-2H3,(H,14,16). The molecular weight excluding hydrogens is 226 g/mol. The van der Waals surface area contributed by atoms with Crippen LogP contribution in [0.2, 0.25) is 5.02 Å². The van der Waals surface area contributed by atoms with Crippen molar-refractivity contribution in [3.8, 4) is 0 Å². The number of halogens is 1. The van der Waals surface area contributed by atoms with Crippen molar-refractivity contribution < 1.29 is 9.90 Å². The zero-order valence-corrected chi connectivity index (χ0v) is 10.2. The van der Waals surface area contributed by atoms with E-state index in [1.165, 1.54) is 0 Å². The molecule has 0 unspecified atom stereocenters. The Balaban J connectivity index is 2.88. The van der Waals surface area contributed by atoms with E-state index in [9.17, 15) is 4.79 Å². The maximum Gasteiger partial charge on any atom is 0.230 e. The molecule has 0 saturated carbocycles. The maximum atomic E-state index is 11.9. The number of carbonyl (C=O) groups is 1. The van der Waals surface area contributed by atoms with E-state index in [0.717, 1.165) is 5.56 Å². The van der Waals surface area contributed by atoms with Gasteiger partial charge in [-0.2, -0.15) is 0 Å². The summed E-state index contributed by atoms with van der Waals surface area (Å²) in [5.41, 5.74) is 0.204. The average Bonchev–Trinajstić information content (AvgIpc) is 2.25. The van der Waals surface area contributed by atoms with Crippen LogP contribution in [0.3, 0.4) is 0 Å². The molecule has 0 bridgehead atoms. The van der Waals surface area contributed by atoms with Crippen molar-refractivity contribution in [1.82, 2.24) is 5.32 Å². The minimum Gasteiger partial charge on any atom is -0.395 e. The molecule has 4 heteroatoms. The molecule has 0 aromatic heterocycles. The van der Waals surface area contributed by atoms with Gasteiger partial charge in [0.2, 0.25) is 5.91 Å². The number of rotatable bonds is 4. The smallest absolute Gasteiger partial charge is 0.230 e. The quantitative estimate of drug-likeness (QED) is 0.844. The topological polar surface area (TPSA) is 49.3 Å². The predicted molar refractivity (Wildman–Crippen MR) is 64.6 cm³/mol. The number of aliphatic hydroxyl groups excluding tert-OH is 1. The zero-order valence-electron chi connectivity index (χ0n) is 9.46. The molecule has 0 aliphatic heterocycles. The molecule has 16 heavy (non-hydrogen) atoms. The van der Waals surface area contributed by atoms with Crippen LogP contribution in [-0.4, -0.2) is 24.2 Å². The van der Waals surface area contributed by atoms with E-state index in [1.807, 2.05) is 26.0 Å². The molecule has 0 heterocycles. The second-order valence-corrected chi connectivity index (χ2v) is 4.55. The van der Waals surface area contributed by atoms with Crippen molar-refractivity contribution in [1.29, 1.82) is 0 Å². The first-order chi connectivity index (χ1) is 7.48. The van der Waals surface area contributed by atoms with Gasteiger partial charge < -0.3 is 10.4 Å². The number of carbonyl (C=O) groups excluding carboxylic acids is 1. The summed E-state index contributed by atoms with van der Waals surface area (Å²) in [4.78, 5) is 11.9. The minimum atomic E-state index is -0.653. The van der Waals surface area contributed by atoms with Gasteiger partial charge in [-0.3, -0.25) is 4.79 Å². The molecule has 0 spiro atoms. The van der Waals surface area contributed by atoms with Gasteiger partial charge in [0.15, 0.2) is 0 Å². The Morgan fingerprint density at radius 2 is 2.19 bits per heavy atom. The molecule has 0 saturated heterocycles. The van der Waals surface area contributed by atoms with Crippen LogP contribution in [-0.2, 0) is 10.2 Å². The number of amides is 1. The Hall–Kier alpha value is -1.06. The Kier molecular flexibility index (Phi) is 4.33. The van der Waals surface area contributed by atoms with E-state index in [-0.39, 0.29) is 19.1 Å². The monoisotopic (exact) mass is 241 g/mol. The summed E-state index contributed by atoms with van der Waals surface area (Å²) in [6.45, 7) is 3.86. The molecule has 1 aromatic carbocycles. The third-order valence-corrected chi connectivity index (χ3v) is 2.75. The lowest BCUT2D eigenvalue weighted by Gasteiger charge is -2.24. The number of hydrogen-bond donors (Lipinski definition) is 2. The van der Waals surface area contributed by atoms with Gasteiger partial charge in [0.1, 0.15) is 0 Å². The van der Waals surface area contributed by atoms with Crippen molar-refractivity contribution in [2.45, 2.75) is 19.3 Å². The summed E-state index contributed by atoms with van der Waals surface area (Å²) in [5.74, 6) is -0.121. The summed E-state index contributed by atoms with van der Waals surface area (Å²) in [6.07, 6.45) is 0. The second kappa shape index (κ2) is 5.32. The highest BCUT2D eigenvalue weighted by Gasteiger charge is 2.29. The van der Waals surface area contributed by atoms with Gasteiger partial charge in [0.25, 0.3) is 0 Å². The van der Waals surface area contributed by atoms with Gasteiger partial charge in [0.05, 0.1) is 12.0 Å². The number of nitrogens with one attached hydrogen (secondary N) is 1. The fourth-order valence-electron chi connectivity index (χ4n) is 1.40. The van der Waals surface area contributed by atoms with Gasteiger partial charge in [-0.15, -0.1) is 0 Å². The Morgan fingerprint density at radius 3 is 2.75 bits per heavy atom. The van der Waals surface area contributed by atoms with Crippen molar-refractivity contribution in [2.75, 3.05) is 13.2 Å². The SMILES string of the molecule is CC(C)(C(=O)NCCO)c1cccc(Cl)c1. The fraction of sp³-hybridized carbons (Fsp3) is 0.417.